The van der Waals surface area contributed by atoms with Crippen molar-refractivity contribution in [2.24, 2.45) is 0 Å². The first-order valence-electron chi connectivity index (χ1n) is 17.3. The molecule has 0 aromatic heterocycles. The fourth-order valence-electron chi connectivity index (χ4n) is 6.34. The number of rotatable bonds is 12. The van der Waals surface area contributed by atoms with Crippen LogP contribution in [0.3, 0.4) is 0 Å². The molecular weight excluding hydrogens is 676 g/mol. The first-order chi connectivity index (χ1) is 25.2. The van der Waals surface area contributed by atoms with Crippen LogP contribution < -0.4 is 18.9 Å². The summed E-state index contributed by atoms with van der Waals surface area (Å²) in [5.74, 6) is 1.53. The van der Waals surface area contributed by atoms with E-state index in [-0.39, 0.29) is 36.2 Å². The maximum absolute atomic E-state index is 10.7. The number of methoxy groups -OCH3 is 4. The fraction of sp³-hybridized carbons (Fsp3) is 0.349. The van der Waals surface area contributed by atoms with Gasteiger partial charge in [0.1, 0.15) is 24.1 Å². The van der Waals surface area contributed by atoms with Gasteiger partial charge in [0.15, 0.2) is 23.0 Å². The molecule has 4 N–H and O–H groups in total. The van der Waals surface area contributed by atoms with Crippen LogP contribution in [0, 0.1) is 0 Å². The Morgan fingerprint density at radius 3 is 1.83 bits per heavy atom. The Balaban J connectivity index is 0.000000281. The third-order valence-electron chi connectivity index (χ3n) is 9.00. The van der Waals surface area contributed by atoms with Crippen molar-refractivity contribution in [2.75, 3.05) is 28.4 Å². The highest BCUT2D eigenvalue weighted by molar-refractivity contribution is 5.83. The molecule has 284 valence electrons. The van der Waals surface area contributed by atoms with Gasteiger partial charge in [0.2, 0.25) is 11.5 Å². The van der Waals surface area contributed by atoms with Gasteiger partial charge in [-0.1, -0.05) is 31.7 Å². The lowest BCUT2D eigenvalue weighted by molar-refractivity contribution is -0.108. The van der Waals surface area contributed by atoms with Crippen molar-refractivity contribution >= 4 is 12.6 Å². The van der Waals surface area contributed by atoms with Gasteiger partial charge >= 0.3 is 0 Å². The summed E-state index contributed by atoms with van der Waals surface area (Å²) in [6.07, 6.45) is 13.0. The van der Waals surface area contributed by atoms with Gasteiger partial charge in [-0.25, -0.2) is 0 Å². The lowest BCUT2D eigenvalue weighted by Gasteiger charge is -2.18. The van der Waals surface area contributed by atoms with Crippen LogP contribution in [0.1, 0.15) is 68.2 Å². The Hall–Kier alpha value is -5.64. The van der Waals surface area contributed by atoms with E-state index >= 15 is 0 Å². The normalized spacial score (nSPS) is 12.6. The van der Waals surface area contributed by atoms with Crippen LogP contribution in [0.4, 0.5) is 0 Å². The largest absolute Gasteiger partial charge is 0.507 e. The van der Waals surface area contributed by atoms with Crippen molar-refractivity contribution in [1.82, 2.24) is 0 Å². The molecule has 0 fully saturated rings. The molecule has 4 aromatic carbocycles. The third kappa shape index (κ3) is 10.0. The van der Waals surface area contributed by atoms with Gasteiger partial charge in [0.25, 0.3) is 0 Å². The van der Waals surface area contributed by atoms with Gasteiger partial charge in [-0.15, -0.1) is 0 Å². The monoisotopic (exact) mass is 728 g/mol. The van der Waals surface area contributed by atoms with Crippen LogP contribution in [-0.4, -0.2) is 61.4 Å². The number of phenols is 4. The van der Waals surface area contributed by atoms with Crippen molar-refractivity contribution in [2.45, 2.75) is 71.6 Å². The van der Waals surface area contributed by atoms with Crippen molar-refractivity contribution < 1.29 is 49.0 Å². The molecule has 0 unspecified atom stereocenters. The molecule has 5 rings (SSSR count). The van der Waals surface area contributed by atoms with Crippen LogP contribution in [-0.2, 0) is 35.3 Å². The molecule has 0 saturated carbocycles. The van der Waals surface area contributed by atoms with Gasteiger partial charge in [-0.05, 0) is 110 Å². The van der Waals surface area contributed by atoms with E-state index in [1.807, 2.05) is 18.2 Å². The van der Waals surface area contributed by atoms with E-state index in [0.717, 1.165) is 66.9 Å². The van der Waals surface area contributed by atoms with Crippen LogP contribution in [0.15, 0.2) is 60.7 Å². The number of carbonyl (C=O) groups is 2. The number of benzene rings is 4. The van der Waals surface area contributed by atoms with Crippen molar-refractivity contribution in [3.05, 3.63) is 82.9 Å². The van der Waals surface area contributed by atoms with Crippen LogP contribution in [0.2, 0.25) is 0 Å². The van der Waals surface area contributed by atoms with E-state index in [0.29, 0.717) is 71.6 Å². The number of aldehydes is 2. The van der Waals surface area contributed by atoms with Gasteiger partial charge in [0, 0.05) is 35.1 Å². The highest BCUT2D eigenvalue weighted by Gasteiger charge is 2.24. The quantitative estimate of drug-likeness (QED) is 0.0633. The summed E-state index contributed by atoms with van der Waals surface area (Å²) in [4.78, 5) is 21.2. The molecule has 10 heteroatoms. The molecule has 0 aliphatic heterocycles. The number of aryl methyl sites for hydroxylation is 4. The molecule has 0 spiro atoms. The average molecular weight is 729 g/mol. The molecular formula is C43H52O10. The number of fused-ring (bicyclic) bond motifs is 5. The highest BCUT2D eigenvalue weighted by Crippen LogP contribution is 2.50. The molecule has 0 amide bonds. The highest BCUT2D eigenvalue weighted by atomic mass is 16.5. The van der Waals surface area contributed by atoms with E-state index < -0.39 is 0 Å². The smallest absolute Gasteiger partial charge is 0.203 e. The standard InChI is InChI=1S/C21H24O6.C21H24O4.CH4/c1-26-20-17(16-12-14(6-5-11-23)8-9-18(16)24)13-15(7-3-4-10-22)19(25)21(20)27-2;1-24-20-17-13-15(19(23)21(20)25-2)9-7-5-3-4-6-8-14-10-11-18(22)16(17)12-14;/h8-13,24-25H,3-7H2,1-2H3;3-4,10-13,22-23H,5-9H2,1-2H3;1H4/b;4-3+;. The number of aromatic hydroxyl groups is 4. The minimum absolute atomic E-state index is 0. The Morgan fingerprint density at radius 1 is 0.604 bits per heavy atom. The van der Waals surface area contributed by atoms with E-state index in [1.165, 1.54) is 21.3 Å². The zero-order valence-electron chi connectivity index (χ0n) is 30.2. The van der Waals surface area contributed by atoms with E-state index in [1.54, 1.807) is 37.4 Å². The van der Waals surface area contributed by atoms with Crippen LogP contribution in [0.5, 0.6) is 46.0 Å². The van der Waals surface area contributed by atoms with Crippen LogP contribution >= 0.6 is 0 Å². The molecule has 1 aliphatic rings. The summed E-state index contributed by atoms with van der Waals surface area (Å²) in [7, 11) is 5.94. The lowest BCUT2D eigenvalue weighted by Crippen LogP contribution is -1.99. The molecule has 0 heterocycles. The molecule has 10 nitrogen and oxygen atoms in total. The number of hydrogen-bond donors (Lipinski definition) is 4. The van der Waals surface area contributed by atoms with Gasteiger partial charge in [-0.2, -0.15) is 0 Å². The van der Waals surface area contributed by atoms with Crippen molar-refractivity contribution in [3.8, 4) is 68.2 Å². The lowest BCUT2D eigenvalue weighted by atomic mass is 9.95. The Bertz CT molecular complexity index is 1880. The Kier molecular flexibility index (Phi) is 16.1. The first kappa shape index (κ1) is 41.8. The minimum atomic E-state index is -0.0411. The maximum Gasteiger partial charge on any atom is 0.203 e. The number of hydrogen-bond acceptors (Lipinski definition) is 10. The number of carbonyl (C=O) groups excluding carboxylic acids is 2. The second kappa shape index (κ2) is 20.4. The molecule has 53 heavy (non-hydrogen) atoms. The molecule has 4 bridgehead atoms. The summed E-state index contributed by atoms with van der Waals surface area (Å²) in [6, 6.07) is 14.4. The number of phenolic OH excluding ortho intramolecular Hbond substituents is 4. The van der Waals surface area contributed by atoms with Crippen molar-refractivity contribution in [1.29, 1.82) is 0 Å². The number of ether oxygens (including phenoxy) is 4. The van der Waals surface area contributed by atoms with E-state index in [4.69, 9.17) is 18.9 Å². The Labute approximate surface area is 312 Å². The average Bonchev–Trinajstić information content (AvgIpc) is 3.16. The zero-order chi connectivity index (χ0) is 37.6. The topological polar surface area (TPSA) is 152 Å². The van der Waals surface area contributed by atoms with Gasteiger partial charge in [0.05, 0.1) is 28.4 Å². The third-order valence-corrected chi connectivity index (χ3v) is 9.00. The SMILES string of the molecule is C.COc1c(-c2cc(CCC=O)ccc2O)cc(CCCC=O)c(O)c1OC.COc1c2cc(c(O)c1OC)CCC/C=C/CCc1ccc(O)c-2c1. The zero-order valence-corrected chi connectivity index (χ0v) is 30.2. The summed E-state index contributed by atoms with van der Waals surface area (Å²) in [6.45, 7) is 0. The molecule has 0 saturated heterocycles. The predicted molar refractivity (Wildman–Crippen MR) is 207 cm³/mol. The Morgan fingerprint density at radius 2 is 1.19 bits per heavy atom. The van der Waals surface area contributed by atoms with Crippen molar-refractivity contribution in [3.63, 3.8) is 0 Å². The predicted octanol–water partition coefficient (Wildman–Crippen LogP) is 8.68. The fourth-order valence-corrected chi connectivity index (χ4v) is 6.34. The number of unbranched alkanes of at least 4 members (excludes halogenated alkanes) is 1. The number of allylic oxidation sites excluding steroid dienone is 2. The summed E-state index contributed by atoms with van der Waals surface area (Å²) in [5, 5.41) is 41.9. The van der Waals surface area contributed by atoms with E-state index in [9.17, 15) is 30.0 Å². The molecule has 0 radical (unpaired) electrons. The van der Waals surface area contributed by atoms with E-state index in [2.05, 4.69) is 12.2 Å². The second-order valence-corrected chi connectivity index (χ2v) is 12.4. The molecule has 0 atom stereocenters. The van der Waals surface area contributed by atoms with Crippen LogP contribution in [0.25, 0.3) is 22.3 Å². The summed E-state index contributed by atoms with van der Waals surface area (Å²) < 4.78 is 21.7. The first-order valence-corrected chi connectivity index (χ1v) is 17.3. The van der Waals surface area contributed by atoms with Gasteiger partial charge in [-0.3, -0.25) is 0 Å². The van der Waals surface area contributed by atoms with Gasteiger partial charge < -0.3 is 49.0 Å². The minimum Gasteiger partial charge on any atom is -0.507 e. The summed E-state index contributed by atoms with van der Waals surface area (Å²) in [5.41, 5.74) is 5.95. The molecule has 4 aromatic rings. The maximum atomic E-state index is 10.7. The molecule has 1 aliphatic carbocycles. The second-order valence-electron chi connectivity index (χ2n) is 12.4. The summed E-state index contributed by atoms with van der Waals surface area (Å²) >= 11 is 0.